The lowest BCUT2D eigenvalue weighted by atomic mass is 9.86. The number of carbonyl (C=O) groups is 2. The van der Waals surface area contributed by atoms with Crippen LogP contribution >= 0.6 is 11.3 Å². The third-order valence-electron chi connectivity index (χ3n) is 12.5. The average molecular weight is 800 g/mol. The highest BCUT2D eigenvalue weighted by Gasteiger charge is 2.30. The minimum atomic E-state index is -0.297. The zero-order valence-corrected chi connectivity index (χ0v) is 33.4. The molecule has 58 heavy (non-hydrogen) atoms. The average Bonchev–Trinajstić information content (AvgIpc) is 3.93. The van der Waals surface area contributed by atoms with Crippen molar-refractivity contribution in [2.24, 2.45) is 5.92 Å². The third kappa shape index (κ3) is 8.46. The summed E-state index contributed by atoms with van der Waals surface area (Å²) in [6.07, 6.45) is 16.1. The zero-order chi connectivity index (χ0) is 39.4. The highest BCUT2D eigenvalue weighted by atomic mass is 32.1. The maximum absolute atomic E-state index is 12.3. The first-order chi connectivity index (χ1) is 28.5. The van der Waals surface area contributed by atoms with E-state index < -0.39 is 0 Å². The third-order valence-corrected chi connectivity index (χ3v) is 13.6. The molecule has 0 radical (unpaired) electrons. The lowest BCUT2D eigenvalue weighted by Crippen LogP contribution is -2.39. The number of nitrogens with one attached hydrogen (secondary N) is 3. The number of hydrogen-bond acceptors (Lipinski definition) is 13. The van der Waals surface area contributed by atoms with Crippen LogP contribution in [0.25, 0.3) is 27.5 Å². The van der Waals surface area contributed by atoms with Gasteiger partial charge >= 0.3 is 0 Å². The summed E-state index contributed by atoms with van der Waals surface area (Å²) in [7, 11) is 0. The molecule has 1 aliphatic carbocycles. The van der Waals surface area contributed by atoms with E-state index in [-0.39, 0.29) is 17.7 Å². The number of nitriles is 1. The van der Waals surface area contributed by atoms with E-state index in [4.69, 9.17) is 24.9 Å². The van der Waals surface area contributed by atoms with Gasteiger partial charge in [0.05, 0.1) is 40.1 Å². The lowest BCUT2D eigenvalue weighted by molar-refractivity contribution is -0.134. The van der Waals surface area contributed by atoms with Crippen molar-refractivity contribution in [2.75, 3.05) is 43.1 Å². The molecular weight excluding hydrogens is 751 g/mol. The van der Waals surface area contributed by atoms with Crippen LogP contribution in [0.1, 0.15) is 98.6 Å². The summed E-state index contributed by atoms with van der Waals surface area (Å²) >= 11 is 1.69. The Morgan fingerprint density at radius 2 is 1.74 bits per heavy atom. The zero-order valence-electron chi connectivity index (χ0n) is 32.6. The van der Waals surface area contributed by atoms with Crippen LogP contribution < -0.4 is 20.9 Å². The molecular formula is C43H49N11O3S. The normalized spacial score (nSPS) is 22.2. The summed E-state index contributed by atoms with van der Waals surface area (Å²) in [4.78, 5) is 35.7. The minimum Gasteiger partial charge on any atom is -0.381 e. The van der Waals surface area contributed by atoms with Gasteiger partial charge in [-0.1, -0.05) is 17.4 Å². The first-order valence-corrected chi connectivity index (χ1v) is 21.6. The lowest BCUT2D eigenvalue weighted by Gasteiger charge is -2.34. The van der Waals surface area contributed by atoms with Crippen molar-refractivity contribution in [3.8, 4) is 28.0 Å². The summed E-state index contributed by atoms with van der Waals surface area (Å²) in [5, 5.41) is 35.4. The van der Waals surface area contributed by atoms with Crippen molar-refractivity contribution < 1.29 is 14.3 Å². The van der Waals surface area contributed by atoms with Crippen molar-refractivity contribution in [3.05, 3.63) is 71.1 Å². The van der Waals surface area contributed by atoms with E-state index in [2.05, 4.69) is 38.1 Å². The number of rotatable bonds is 11. The molecule has 3 N–H and O–H groups in total. The van der Waals surface area contributed by atoms with Crippen LogP contribution in [0, 0.1) is 17.2 Å². The molecule has 0 bridgehead atoms. The van der Waals surface area contributed by atoms with Gasteiger partial charge in [-0.15, -0.1) is 10.2 Å². The molecule has 8 heterocycles. The van der Waals surface area contributed by atoms with E-state index in [9.17, 15) is 14.9 Å². The first kappa shape index (κ1) is 38.2. The Morgan fingerprint density at radius 1 is 0.897 bits per heavy atom. The SMILES string of the molecule is N#Cc1cnn2c(-c3cc(NC4CCOCC4)c(-c4nnc(C5CCC(NCCC6CCN(c7ccc(C8CCC(=O)NC8=O)cn7)CC6)CC5)s4)cn3)ccc2c1. The second-order valence-electron chi connectivity index (χ2n) is 16.2. The van der Waals surface area contributed by atoms with Crippen LogP contribution in [0.2, 0.25) is 0 Å². The number of pyridine rings is 2. The maximum atomic E-state index is 12.3. The molecule has 15 heteroatoms. The molecule has 4 fully saturated rings. The molecule has 3 aliphatic heterocycles. The van der Waals surface area contributed by atoms with E-state index in [0.29, 0.717) is 42.3 Å². The van der Waals surface area contributed by atoms with E-state index in [1.807, 2.05) is 47.2 Å². The Bertz CT molecular complexity index is 2280. The maximum Gasteiger partial charge on any atom is 0.234 e. The van der Waals surface area contributed by atoms with Gasteiger partial charge in [0.1, 0.15) is 16.9 Å². The van der Waals surface area contributed by atoms with Gasteiger partial charge in [0, 0.05) is 68.8 Å². The number of piperidine rings is 2. The summed E-state index contributed by atoms with van der Waals surface area (Å²) in [5.74, 6) is 1.37. The summed E-state index contributed by atoms with van der Waals surface area (Å²) < 4.78 is 7.46. The molecule has 9 rings (SSSR count). The van der Waals surface area contributed by atoms with Crippen molar-refractivity contribution in [3.63, 3.8) is 0 Å². The van der Waals surface area contributed by atoms with E-state index in [0.717, 1.165) is 134 Å². The molecule has 5 aromatic rings. The highest BCUT2D eigenvalue weighted by molar-refractivity contribution is 7.14. The topological polar surface area (TPSA) is 175 Å². The number of aromatic nitrogens is 6. The van der Waals surface area contributed by atoms with Gasteiger partial charge in [-0.05, 0) is 113 Å². The minimum absolute atomic E-state index is 0.193. The van der Waals surface area contributed by atoms with Crippen LogP contribution in [-0.4, -0.2) is 86.5 Å². The number of amides is 2. The monoisotopic (exact) mass is 799 g/mol. The quantitative estimate of drug-likeness (QED) is 0.129. The molecule has 1 atom stereocenters. The van der Waals surface area contributed by atoms with Crippen LogP contribution in [0.15, 0.2) is 55.0 Å². The van der Waals surface area contributed by atoms with Gasteiger partial charge in [0.25, 0.3) is 0 Å². The number of nitrogens with zero attached hydrogens (tertiary/aromatic N) is 8. The molecule has 0 aromatic carbocycles. The number of fused-ring (bicyclic) bond motifs is 1. The molecule has 4 aliphatic rings. The Morgan fingerprint density at radius 3 is 2.52 bits per heavy atom. The molecule has 0 spiro atoms. The fraction of sp³-hybridized carbons (Fsp3) is 0.488. The molecule has 1 unspecified atom stereocenters. The van der Waals surface area contributed by atoms with E-state index in [1.165, 1.54) is 6.42 Å². The largest absolute Gasteiger partial charge is 0.381 e. The Balaban J connectivity index is 0.764. The predicted octanol–water partition coefficient (Wildman–Crippen LogP) is 6.22. The number of ether oxygens (including phenoxy) is 1. The van der Waals surface area contributed by atoms with Crippen molar-refractivity contribution in [2.45, 2.75) is 94.5 Å². The smallest absolute Gasteiger partial charge is 0.234 e. The highest BCUT2D eigenvalue weighted by Crippen LogP contribution is 2.40. The van der Waals surface area contributed by atoms with E-state index >= 15 is 0 Å². The number of imide groups is 1. The molecule has 3 saturated heterocycles. The molecule has 1 saturated carbocycles. The van der Waals surface area contributed by atoms with Gasteiger partial charge in [-0.3, -0.25) is 19.9 Å². The summed E-state index contributed by atoms with van der Waals surface area (Å²) in [6, 6.07) is 14.9. The molecule has 14 nitrogen and oxygen atoms in total. The van der Waals surface area contributed by atoms with Crippen LogP contribution in [0.4, 0.5) is 11.5 Å². The summed E-state index contributed by atoms with van der Waals surface area (Å²) in [5.41, 5.74) is 5.85. The first-order valence-electron chi connectivity index (χ1n) is 20.8. The van der Waals surface area contributed by atoms with Crippen LogP contribution in [0.3, 0.4) is 0 Å². The predicted molar refractivity (Wildman–Crippen MR) is 221 cm³/mol. The van der Waals surface area contributed by atoms with Gasteiger partial charge in [0.15, 0.2) is 5.01 Å². The Kier molecular flexibility index (Phi) is 11.4. The second kappa shape index (κ2) is 17.3. The fourth-order valence-corrected chi connectivity index (χ4v) is 10.0. The van der Waals surface area contributed by atoms with E-state index in [1.54, 1.807) is 17.5 Å². The van der Waals surface area contributed by atoms with Gasteiger partial charge in [-0.2, -0.15) is 10.4 Å². The molecule has 2 amide bonds. The number of carbonyl (C=O) groups excluding carboxylic acids is 2. The second-order valence-corrected chi connectivity index (χ2v) is 17.2. The van der Waals surface area contributed by atoms with Crippen LogP contribution in [0.5, 0.6) is 0 Å². The number of anilines is 2. The Labute approximate surface area is 341 Å². The standard InChI is InChI=1S/C43H49N11O3S/c44-23-28-21-33-6-8-38(54(33)48-24-28)37-22-36(49-32-14-19-57-20-15-32)35(26-46-37)43-52-51-42(58-43)29-1-4-31(5-2-29)45-16-11-27-12-17-53(18-13-27)39-9-3-30(25-47-39)34-7-10-40(55)50-41(34)56/h3,6,8-9,21-22,24-27,29,31-32,34,45H,1-2,4-5,7,10-20H2,(H,46,49)(H,50,55,56). The van der Waals surface area contributed by atoms with Gasteiger partial charge in [-0.25, -0.2) is 9.50 Å². The van der Waals surface area contributed by atoms with Crippen molar-refractivity contribution in [1.82, 2.24) is 40.4 Å². The van der Waals surface area contributed by atoms with Gasteiger partial charge < -0.3 is 20.3 Å². The molecule has 300 valence electrons. The fourth-order valence-electron chi connectivity index (χ4n) is 9.00. The summed E-state index contributed by atoms with van der Waals surface area (Å²) in [6.45, 7) is 4.51. The number of hydrogen-bond donors (Lipinski definition) is 3. The van der Waals surface area contributed by atoms with Crippen molar-refractivity contribution >= 4 is 40.2 Å². The van der Waals surface area contributed by atoms with Crippen LogP contribution in [-0.2, 0) is 14.3 Å². The van der Waals surface area contributed by atoms with Crippen molar-refractivity contribution in [1.29, 1.82) is 5.26 Å². The van der Waals surface area contributed by atoms with Gasteiger partial charge in [0.2, 0.25) is 11.8 Å². The Hall–Kier alpha value is -5.30. The molecule has 5 aromatic heterocycles.